The lowest BCUT2D eigenvalue weighted by Gasteiger charge is -2.26. The topological polar surface area (TPSA) is 183 Å². The number of carbonyl (C=O) groups is 2. The Morgan fingerprint density at radius 3 is 1.57 bits per heavy atom. The summed E-state index contributed by atoms with van der Waals surface area (Å²) in [6.07, 6.45) is 2.89. The van der Waals surface area contributed by atoms with Crippen LogP contribution in [0.2, 0.25) is 0 Å². The number of fused-ring (bicyclic) bond motifs is 4. The maximum absolute atomic E-state index is 12.5. The summed E-state index contributed by atoms with van der Waals surface area (Å²) in [5.74, 6) is 0.470. The number of esters is 1. The van der Waals surface area contributed by atoms with E-state index in [4.69, 9.17) is 28.2 Å². The highest BCUT2D eigenvalue weighted by Crippen LogP contribution is 2.41. The molecule has 6 aromatic rings. The third kappa shape index (κ3) is 6.90. The van der Waals surface area contributed by atoms with Gasteiger partial charge in [-0.3, -0.25) is 19.2 Å². The van der Waals surface area contributed by atoms with Crippen LogP contribution in [0.15, 0.2) is 90.6 Å². The van der Waals surface area contributed by atoms with E-state index in [2.05, 4.69) is 0 Å². The predicted octanol–water partition coefficient (Wildman–Crippen LogP) is 7.37. The second-order valence-electron chi connectivity index (χ2n) is 13.1. The van der Waals surface area contributed by atoms with E-state index >= 15 is 0 Å². The minimum atomic E-state index is -0.940. The lowest BCUT2D eigenvalue weighted by Crippen LogP contribution is -2.27. The van der Waals surface area contributed by atoms with E-state index in [1.54, 1.807) is 24.3 Å². The quantitative estimate of drug-likeness (QED) is 0.0884. The van der Waals surface area contributed by atoms with E-state index in [1.807, 2.05) is 24.3 Å². The van der Waals surface area contributed by atoms with E-state index in [0.717, 1.165) is 27.3 Å². The maximum atomic E-state index is 12.5. The SMILES string of the molecule is C/C(O)=C/c1cc2c3c(cc4cccc(=O)c4c3o1)CC(CC(=O)O)O2.COC(=O)CC1Cc2cc3cccc(=O)c3c3oc(/C=C(/C)O)cc(c23)O1. The van der Waals surface area contributed by atoms with E-state index < -0.39 is 12.1 Å². The third-order valence-corrected chi connectivity index (χ3v) is 9.02. The number of allylic oxidation sites excluding steroid dienone is 2. The van der Waals surface area contributed by atoms with Crippen LogP contribution in [0.4, 0.5) is 0 Å². The number of aliphatic hydroxyl groups is 2. The summed E-state index contributed by atoms with van der Waals surface area (Å²) in [5.41, 5.74) is 2.32. The lowest BCUT2D eigenvalue weighted by molar-refractivity contribution is -0.142. The number of ether oxygens (including phenoxy) is 3. The van der Waals surface area contributed by atoms with Gasteiger partial charge >= 0.3 is 11.9 Å². The molecule has 8 rings (SSSR count). The molecular weight excluding hydrogens is 684 g/mol. The molecule has 2 aliphatic heterocycles. The second kappa shape index (κ2) is 13.9. The summed E-state index contributed by atoms with van der Waals surface area (Å²) in [5, 5.41) is 32.1. The number of carboxylic acids is 1. The molecule has 0 saturated carbocycles. The monoisotopic (exact) mass is 718 g/mol. The Balaban J connectivity index is 0.000000164. The fraction of sp³-hybridized carbons (Fsp3) is 0.220. The van der Waals surface area contributed by atoms with Crippen molar-refractivity contribution in [3.8, 4) is 11.5 Å². The number of aliphatic hydroxyl groups excluding tert-OH is 2. The molecule has 270 valence electrons. The third-order valence-electron chi connectivity index (χ3n) is 9.02. The number of hydrogen-bond acceptors (Lipinski definition) is 11. The molecule has 0 saturated heterocycles. The molecule has 2 aromatic heterocycles. The first kappa shape index (κ1) is 34.9. The van der Waals surface area contributed by atoms with Gasteiger partial charge in [0.1, 0.15) is 46.4 Å². The molecule has 2 unspecified atom stereocenters. The summed E-state index contributed by atoms with van der Waals surface area (Å²) in [6, 6.07) is 17.1. The Kier molecular flexibility index (Phi) is 9.12. The number of carbonyl (C=O) groups excluding carboxylic acids is 1. The molecule has 0 radical (unpaired) electrons. The number of rotatable bonds is 6. The van der Waals surface area contributed by atoms with Gasteiger partial charge in [-0.2, -0.15) is 0 Å². The molecule has 0 spiro atoms. The molecular formula is C41H34O12. The number of benzene rings is 4. The number of methoxy groups -OCH3 is 1. The zero-order valence-corrected chi connectivity index (χ0v) is 28.9. The first-order chi connectivity index (χ1) is 25.4. The largest absolute Gasteiger partial charge is 0.512 e. The van der Waals surface area contributed by atoms with Crippen molar-refractivity contribution >= 4 is 67.6 Å². The Bertz CT molecular complexity index is 2650. The number of hydrogen-bond donors (Lipinski definition) is 3. The van der Waals surface area contributed by atoms with Gasteiger partial charge in [0.25, 0.3) is 0 Å². The predicted molar refractivity (Wildman–Crippen MR) is 198 cm³/mol. The fourth-order valence-corrected chi connectivity index (χ4v) is 7.01. The van der Waals surface area contributed by atoms with Gasteiger partial charge in [0.2, 0.25) is 0 Å². The molecule has 53 heavy (non-hydrogen) atoms. The summed E-state index contributed by atoms with van der Waals surface area (Å²) >= 11 is 0. The molecule has 2 atom stereocenters. The van der Waals surface area contributed by atoms with Crippen molar-refractivity contribution in [2.24, 2.45) is 0 Å². The van der Waals surface area contributed by atoms with Crippen LogP contribution in [-0.4, -0.2) is 46.6 Å². The Hall–Kier alpha value is -6.56. The Morgan fingerprint density at radius 2 is 1.15 bits per heavy atom. The number of carboxylic acid groups (broad SMARTS) is 1. The Labute approximate surface area is 300 Å². The van der Waals surface area contributed by atoms with Crippen molar-refractivity contribution in [2.45, 2.75) is 51.7 Å². The van der Waals surface area contributed by atoms with Gasteiger partial charge in [-0.1, -0.05) is 24.3 Å². The highest BCUT2D eigenvalue weighted by molar-refractivity contribution is 6.09. The van der Waals surface area contributed by atoms with Crippen LogP contribution in [0, 0.1) is 0 Å². The molecule has 2 aliphatic rings. The van der Waals surface area contributed by atoms with E-state index in [1.165, 1.54) is 45.2 Å². The normalized spacial score (nSPS) is 16.5. The van der Waals surface area contributed by atoms with Crippen molar-refractivity contribution in [1.82, 2.24) is 0 Å². The highest BCUT2D eigenvalue weighted by atomic mass is 16.5. The highest BCUT2D eigenvalue weighted by Gasteiger charge is 2.29. The Morgan fingerprint density at radius 1 is 0.698 bits per heavy atom. The zero-order valence-electron chi connectivity index (χ0n) is 28.9. The van der Waals surface area contributed by atoms with Crippen LogP contribution in [-0.2, 0) is 27.2 Å². The number of aliphatic carboxylic acids is 1. The molecule has 3 N–H and O–H groups in total. The summed E-state index contributed by atoms with van der Waals surface area (Å²) in [4.78, 5) is 47.7. The van der Waals surface area contributed by atoms with Gasteiger partial charge in [-0.15, -0.1) is 0 Å². The average Bonchev–Trinajstić information content (AvgIpc) is 3.07. The van der Waals surface area contributed by atoms with E-state index in [-0.39, 0.29) is 47.3 Å². The minimum Gasteiger partial charge on any atom is -0.512 e. The van der Waals surface area contributed by atoms with Gasteiger partial charge in [-0.05, 0) is 60.0 Å². The zero-order chi connectivity index (χ0) is 37.6. The first-order valence-electron chi connectivity index (χ1n) is 16.8. The van der Waals surface area contributed by atoms with Gasteiger partial charge in [0.05, 0.1) is 53.0 Å². The summed E-state index contributed by atoms with van der Waals surface area (Å²) in [7, 11) is 1.34. The molecule has 0 aliphatic carbocycles. The molecule has 0 bridgehead atoms. The van der Waals surface area contributed by atoms with Gasteiger partial charge in [-0.25, -0.2) is 0 Å². The van der Waals surface area contributed by atoms with Crippen LogP contribution in [0.25, 0.3) is 55.6 Å². The minimum absolute atomic E-state index is 0.0426. The first-order valence-corrected chi connectivity index (χ1v) is 16.8. The molecule has 4 aromatic carbocycles. The van der Waals surface area contributed by atoms with Gasteiger partial charge in [0.15, 0.2) is 10.9 Å². The van der Waals surface area contributed by atoms with E-state index in [9.17, 15) is 29.4 Å². The molecule has 12 nitrogen and oxygen atoms in total. The van der Waals surface area contributed by atoms with E-state index in [0.29, 0.717) is 63.2 Å². The standard InChI is InChI=1S/C21H18O6.C20H16O6/c1-11(22)6-14-9-17-20-13(8-15(26-17)10-18(24)25-2)7-12-4-3-5-16(23)19(12)21(20)27-14;1-10(21)5-13-8-16-19-12(7-14(25-16)9-17(23)24)6-11-3-2-4-15(22)18(11)20(19)26-13/h3-7,9,15,22H,8,10H2,1-2H3;2-6,8,14,21H,7,9H2,1H3,(H,23,24)/b11-6-;10-5-. The lowest BCUT2D eigenvalue weighted by atomic mass is 9.94. The van der Waals surface area contributed by atoms with Crippen LogP contribution in [0.1, 0.15) is 49.3 Å². The fourth-order valence-electron chi connectivity index (χ4n) is 7.01. The molecule has 0 amide bonds. The summed E-state index contributed by atoms with van der Waals surface area (Å²) < 4.78 is 28.5. The average molecular weight is 719 g/mol. The van der Waals surface area contributed by atoms with Crippen molar-refractivity contribution in [1.29, 1.82) is 0 Å². The molecule has 12 heteroatoms. The summed E-state index contributed by atoms with van der Waals surface area (Å²) in [6.45, 7) is 3.03. The van der Waals surface area contributed by atoms with Crippen LogP contribution in [0.3, 0.4) is 0 Å². The second-order valence-corrected chi connectivity index (χ2v) is 13.1. The van der Waals surface area contributed by atoms with Crippen molar-refractivity contribution in [3.63, 3.8) is 0 Å². The van der Waals surface area contributed by atoms with Crippen LogP contribution in [0.5, 0.6) is 11.5 Å². The van der Waals surface area contributed by atoms with Crippen molar-refractivity contribution in [3.05, 3.63) is 115 Å². The van der Waals surface area contributed by atoms with Crippen molar-refractivity contribution in [2.75, 3.05) is 7.11 Å². The smallest absolute Gasteiger partial charge is 0.309 e. The van der Waals surface area contributed by atoms with Gasteiger partial charge < -0.3 is 38.4 Å². The van der Waals surface area contributed by atoms with Crippen LogP contribution < -0.4 is 20.3 Å². The molecule has 0 fully saturated rings. The van der Waals surface area contributed by atoms with Crippen molar-refractivity contribution < 1.29 is 48.0 Å². The maximum Gasteiger partial charge on any atom is 0.309 e. The van der Waals surface area contributed by atoms with Gasteiger partial charge in [0, 0.05) is 37.1 Å². The van der Waals surface area contributed by atoms with Crippen LogP contribution >= 0.6 is 0 Å². The molecule has 4 heterocycles.